The Morgan fingerprint density at radius 1 is 0.589 bits per heavy atom. The molecule has 0 aliphatic heterocycles. The van der Waals surface area contributed by atoms with E-state index >= 15 is 0 Å². The number of carbonyl (C=O) groups is 2. The van der Waals surface area contributed by atoms with E-state index in [1.807, 2.05) is 0 Å². The topological polar surface area (TPSA) is 155 Å². The van der Waals surface area contributed by atoms with Gasteiger partial charge in [0.05, 0.1) is 19.8 Å². The first-order chi connectivity index (χ1) is 27.2. The lowest BCUT2D eigenvalue weighted by Crippen LogP contribution is -2.34. The number of hydrogen-bond acceptors (Lipinski definition) is 8. The van der Waals surface area contributed by atoms with Gasteiger partial charge in [0, 0.05) is 13.0 Å². The van der Waals surface area contributed by atoms with Crippen molar-refractivity contribution in [2.24, 2.45) is 5.73 Å². The Labute approximate surface area is 341 Å². The lowest BCUT2D eigenvalue weighted by molar-refractivity contribution is -0.154. The highest BCUT2D eigenvalue weighted by atomic mass is 31.2. The van der Waals surface area contributed by atoms with Crippen LogP contribution < -0.4 is 5.73 Å². The quantitative estimate of drug-likeness (QED) is 0.0235. The fourth-order valence-corrected chi connectivity index (χ4v) is 6.68. The van der Waals surface area contributed by atoms with Crippen molar-refractivity contribution in [2.75, 3.05) is 26.4 Å². The van der Waals surface area contributed by atoms with E-state index in [1.165, 1.54) is 89.9 Å². The average molecular weight is 812 g/mol. The fraction of sp³-hybridized carbons (Fsp3) is 0.778. The molecule has 0 aromatic carbocycles. The van der Waals surface area contributed by atoms with Gasteiger partial charge in [0.2, 0.25) is 0 Å². The largest absolute Gasteiger partial charge is 0.480 e. The lowest BCUT2D eigenvalue weighted by Gasteiger charge is -2.20. The van der Waals surface area contributed by atoms with Crippen molar-refractivity contribution in [1.29, 1.82) is 0 Å². The first kappa shape index (κ1) is 53.9. The molecular weight excluding hydrogens is 729 g/mol. The van der Waals surface area contributed by atoms with Crippen LogP contribution in [0.3, 0.4) is 0 Å². The molecular formula is C45H82NO9P. The van der Waals surface area contributed by atoms with Crippen molar-refractivity contribution >= 4 is 19.8 Å². The van der Waals surface area contributed by atoms with Crippen LogP contribution in [0.1, 0.15) is 187 Å². The maximum atomic E-state index is 12.6. The number of allylic oxidation sites excluding steroid dienone is 8. The van der Waals surface area contributed by atoms with Gasteiger partial charge >= 0.3 is 19.8 Å². The first-order valence-corrected chi connectivity index (χ1v) is 23.7. The molecule has 0 aromatic rings. The van der Waals surface area contributed by atoms with Gasteiger partial charge in [-0.1, -0.05) is 159 Å². The first-order valence-electron chi connectivity index (χ1n) is 22.2. The number of phosphoric acid groups is 1. The predicted octanol–water partition coefficient (Wildman–Crippen LogP) is 12.3. The highest BCUT2D eigenvalue weighted by Gasteiger charge is 2.27. The third kappa shape index (κ3) is 40.1. The number of phosphoric ester groups is 1. The van der Waals surface area contributed by atoms with Gasteiger partial charge in [-0.15, -0.1) is 0 Å². The van der Waals surface area contributed by atoms with Gasteiger partial charge in [0.15, 0.2) is 0 Å². The van der Waals surface area contributed by atoms with E-state index in [-0.39, 0.29) is 13.0 Å². The number of unbranched alkanes of at least 4 members (excludes halogenated alkanes) is 20. The summed E-state index contributed by atoms with van der Waals surface area (Å²) in [6, 6.07) is -1.48. The number of ether oxygens (including phenoxy) is 2. The normalized spacial score (nSPS) is 14.4. The number of carbonyl (C=O) groups excluding carboxylic acids is 1. The summed E-state index contributed by atoms with van der Waals surface area (Å²) in [6.07, 6.45) is 47.3. The second-order valence-corrected chi connectivity index (χ2v) is 16.2. The maximum absolute atomic E-state index is 12.6. The van der Waals surface area contributed by atoms with Crippen molar-refractivity contribution in [3.05, 3.63) is 48.6 Å². The third-order valence-electron chi connectivity index (χ3n) is 9.34. The Bertz CT molecular complexity index is 1080. The zero-order chi connectivity index (χ0) is 41.2. The van der Waals surface area contributed by atoms with E-state index in [0.717, 1.165) is 70.6 Å². The molecule has 0 saturated carbocycles. The number of carboxylic acids is 1. The molecule has 0 saturated heterocycles. The molecule has 56 heavy (non-hydrogen) atoms. The molecule has 4 N–H and O–H groups in total. The van der Waals surface area contributed by atoms with Crippen molar-refractivity contribution < 1.29 is 42.7 Å². The zero-order valence-electron chi connectivity index (χ0n) is 35.5. The van der Waals surface area contributed by atoms with Crippen LogP contribution in [0.5, 0.6) is 0 Å². The number of aliphatic carboxylic acids is 1. The highest BCUT2D eigenvalue weighted by molar-refractivity contribution is 7.47. The summed E-state index contributed by atoms with van der Waals surface area (Å²) in [4.78, 5) is 33.6. The van der Waals surface area contributed by atoms with Crippen LogP contribution in [-0.2, 0) is 32.7 Å². The Morgan fingerprint density at radius 3 is 1.57 bits per heavy atom. The monoisotopic (exact) mass is 812 g/mol. The molecule has 3 unspecified atom stereocenters. The molecule has 0 radical (unpaired) electrons. The maximum Gasteiger partial charge on any atom is 0.472 e. The van der Waals surface area contributed by atoms with Crippen molar-refractivity contribution in [1.82, 2.24) is 0 Å². The molecule has 0 heterocycles. The van der Waals surface area contributed by atoms with Crippen LogP contribution in [-0.4, -0.2) is 60.5 Å². The Balaban J connectivity index is 4.25. The van der Waals surface area contributed by atoms with Crippen LogP contribution in [0.4, 0.5) is 0 Å². The number of nitrogens with two attached hydrogens (primary N) is 1. The molecule has 0 aliphatic carbocycles. The van der Waals surface area contributed by atoms with E-state index in [0.29, 0.717) is 13.0 Å². The van der Waals surface area contributed by atoms with Crippen molar-refractivity contribution in [3.63, 3.8) is 0 Å². The van der Waals surface area contributed by atoms with Gasteiger partial charge in [-0.2, -0.15) is 0 Å². The highest BCUT2D eigenvalue weighted by Crippen LogP contribution is 2.43. The molecule has 0 spiro atoms. The Morgan fingerprint density at radius 2 is 1.04 bits per heavy atom. The molecule has 0 bridgehead atoms. The SMILES string of the molecule is CC/C=C\C/C=C\C/C=C\CCCCCCCCOCC(COP(=O)(O)OCC(N)C(=O)O)OC(=O)CCCCCCCCC/C=C\CCCCCCCCC. The molecule has 0 amide bonds. The summed E-state index contributed by atoms with van der Waals surface area (Å²) in [5.74, 6) is -1.79. The summed E-state index contributed by atoms with van der Waals surface area (Å²) in [5.41, 5.74) is 5.35. The molecule has 0 rings (SSSR count). The van der Waals surface area contributed by atoms with Gasteiger partial charge in [0.25, 0.3) is 0 Å². The number of hydrogen-bond donors (Lipinski definition) is 3. The molecule has 11 heteroatoms. The second kappa shape index (κ2) is 41.1. The summed E-state index contributed by atoms with van der Waals surface area (Å²) in [7, 11) is -4.62. The van der Waals surface area contributed by atoms with Gasteiger partial charge in [0.1, 0.15) is 12.1 Å². The van der Waals surface area contributed by atoms with E-state index < -0.39 is 45.1 Å². The minimum atomic E-state index is -4.62. The Kier molecular flexibility index (Phi) is 39.6. The zero-order valence-corrected chi connectivity index (χ0v) is 36.4. The van der Waals surface area contributed by atoms with E-state index in [2.05, 4.69) is 62.5 Å². The van der Waals surface area contributed by atoms with Crippen LogP contribution in [0.15, 0.2) is 48.6 Å². The van der Waals surface area contributed by atoms with E-state index in [4.69, 9.17) is 29.4 Å². The standard InChI is InChI=1S/C45H82NO9P/c1-3-5-7-9-11-13-15-17-19-21-22-23-25-27-29-31-33-35-37-44(47)55-42(40-53-56(50,51)54-41-43(46)45(48)49)39-52-38-36-34-32-30-28-26-24-20-18-16-14-12-10-8-6-4-2/h6,8,12,14,18-21,42-43H,3-5,7,9-11,13,15-17,22-41,46H2,1-2H3,(H,48,49)(H,50,51)/b8-6-,14-12-,20-18-,21-19-. The fourth-order valence-electron chi connectivity index (χ4n) is 5.91. The summed E-state index contributed by atoms with van der Waals surface area (Å²) < 4.78 is 33.4. The molecule has 326 valence electrons. The van der Waals surface area contributed by atoms with Crippen LogP contribution in [0.2, 0.25) is 0 Å². The lowest BCUT2D eigenvalue weighted by atomic mass is 10.1. The molecule has 0 aromatic heterocycles. The molecule has 0 aliphatic rings. The van der Waals surface area contributed by atoms with Gasteiger partial charge in [-0.25, -0.2) is 4.57 Å². The van der Waals surface area contributed by atoms with Gasteiger partial charge in [-0.3, -0.25) is 18.6 Å². The van der Waals surface area contributed by atoms with Crippen LogP contribution in [0, 0.1) is 0 Å². The number of esters is 1. The summed E-state index contributed by atoms with van der Waals surface area (Å²) in [6.45, 7) is 3.74. The van der Waals surface area contributed by atoms with Crippen LogP contribution >= 0.6 is 7.82 Å². The summed E-state index contributed by atoms with van der Waals surface area (Å²) in [5, 5.41) is 8.90. The summed E-state index contributed by atoms with van der Waals surface area (Å²) >= 11 is 0. The van der Waals surface area contributed by atoms with Crippen molar-refractivity contribution in [3.8, 4) is 0 Å². The minimum absolute atomic E-state index is 0.00561. The molecule has 3 atom stereocenters. The third-order valence-corrected chi connectivity index (χ3v) is 10.3. The molecule has 0 fully saturated rings. The van der Waals surface area contributed by atoms with Crippen molar-refractivity contribution in [2.45, 2.75) is 199 Å². The molecule has 10 nitrogen and oxygen atoms in total. The average Bonchev–Trinajstić information content (AvgIpc) is 3.18. The van der Waals surface area contributed by atoms with Gasteiger partial charge in [-0.05, 0) is 70.6 Å². The minimum Gasteiger partial charge on any atom is -0.480 e. The van der Waals surface area contributed by atoms with Crippen LogP contribution in [0.25, 0.3) is 0 Å². The number of rotatable bonds is 42. The Hall–Kier alpha value is -2.07. The van der Waals surface area contributed by atoms with Gasteiger partial charge < -0.3 is 25.2 Å². The van der Waals surface area contributed by atoms with E-state index in [9.17, 15) is 19.0 Å². The second-order valence-electron chi connectivity index (χ2n) is 14.8. The predicted molar refractivity (Wildman–Crippen MR) is 231 cm³/mol. The smallest absolute Gasteiger partial charge is 0.472 e. The van der Waals surface area contributed by atoms with E-state index in [1.54, 1.807) is 0 Å². The number of carboxylic acid groups (broad SMARTS) is 1.